The first-order chi connectivity index (χ1) is 20.6. The van der Waals surface area contributed by atoms with Gasteiger partial charge in [-0.15, -0.1) is 0 Å². The molecule has 4 aliphatic rings. The summed E-state index contributed by atoms with van der Waals surface area (Å²) in [7, 11) is 0. The molecule has 4 heterocycles. The molecule has 0 N–H and O–H groups in total. The zero-order valence-corrected chi connectivity index (χ0v) is 22.4. The van der Waals surface area contributed by atoms with Crippen molar-refractivity contribution in [2.24, 2.45) is 11.8 Å². The molecule has 4 aromatic rings. The molecular formula is C34H26N4O4. The van der Waals surface area contributed by atoms with Gasteiger partial charge in [0.2, 0.25) is 11.8 Å². The fourth-order valence-electron chi connectivity index (χ4n) is 7.46. The van der Waals surface area contributed by atoms with E-state index in [2.05, 4.69) is 0 Å². The van der Waals surface area contributed by atoms with Crippen LogP contribution in [0.15, 0.2) is 121 Å². The maximum absolute atomic E-state index is 14.3. The van der Waals surface area contributed by atoms with Crippen molar-refractivity contribution < 1.29 is 19.2 Å². The molecule has 8 nitrogen and oxygen atoms in total. The van der Waals surface area contributed by atoms with Gasteiger partial charge in [-0.25, -0.2) is 19.8 Å². The molecule has 0 spiro atoms. The first kappa shape index (κ1) is 24.8. The molecule has 4 aliphatic heterocycles. The highest BCUT2D eigenvalue weighted by Crippen LogP contribution is 2.59. The molecule has 0 aromatic heterocycles. The van der Waals surface area contributed by atoms with Gasteiger partial charge in [0.15, 0.2) is 0 Å². The zero-order chi connectivity index (χ0) is 28.5. The van der Waals surface area contributed by atoms with Crippen LogP contribution in [0.4, 0.5) is 11.4 Å². The minimum atomic E-state index is -0.871. The van der Waals surface area contributed by atoms with E-state index in [4.69, 9.17) is 0 Å². The third-order valence-corrected chi connectivity index (χ3v) is 9.04. The molecule has 4 amide bonds. The van der Waals surface area contributed by atoms with E-state index in [9.17, 15) is 19.2 Å². The summed E-state index contributed by atoms with van der Waals surface area (Å²) < 4.78 is 0. The number of imide groups is 2. The summed E-state index contributed by atoms with van der Waals surface area (Å²) in [6, 6.07) is 34.0. The van der Waals surface area contributed by atoms with Crippen molar-refractivity contribution in [2.45, 2.75) is 24.2 Å². The van der Waals surface area contributed by atoms with Gasteiger partial charge in [-0.1, -0.05) is 97.1 Å². The van der Waals surface area contributed by atoms with Crippen molar-refractivity contribution in [2.75, 3.05) is 9.80 Å². The van der Waals surface area contributed by atoms with Crippen LogP contribution in [0.25, 0.3) is 0 Å². The summed E-state index contributed by atoms with van der Waals surface area (Å²) in [4.78, 5) is 59.7. The highest BCUT2D eigenvalue weighted by Gasteiger charge is 2.73. The molecule has 6 atom stereocenters. The van der Waals surface area contributed by atoms with E-state index in [-0.39, 0.29) is 23.6 Å². The zero-order valence-electron chi connectivity index (χ0n) is 22.4. The second-order valence-electron chi connectivity index (χ2n) is 11.1. The lowest BCUT2D eigenvalue weighted by Gasteiger charge is -2.35. The topological polar surface area (TPSA) is 81.2 Å². The van der Waals surface area contributed by atoms with Gasteiger partial charge in [-0.2, -0.15) is 0 Å². The molecule has 0 unspecified atom stereocenters. The number of rotatable bonds is 4. The fraction of sp³-hybridized carbons (Fsp3) is 0.176. The number of nitrogens with zero attached hydrogens (tertiary/aromatic N) is 4. The summed E-state index contributed by atoms with van der Waals surface area (Å²) in [5, 5.41) is 3.79. The number of hydrazine groups is 1. The number of amides is 4. The summed E-state index contributed by atoms with van der Waals surface area (Å²) in [6.07, 6.45) is 0. The number of carbonyl (C=O) groups is 4. The van der Waals surface area contributed by atoms with Crippen LogP contribution in [0.3, 0.4) is 0 Å². The molecule has 0 aliphatic carbocycles. The minimum Gasteiger partial charge on any atom is -0.274 e. The molecule has 0 bridgehead atoms. The number of hydrogen-bond acceptors (Lipinski definition) is 6. The van der Waals surface area contributed by atoms with Gasteiger partial charge in [0.05, 0.1) is 35.3 Å². The van der Waals surface area contributed by atoms with Crippen LogP contribution < -0.4 is 9.80 Å². The predicted octanol–water partition coefficient (Wildman–Crippen LogP) is 4.13. The Balaban J connectivity index is 1.33. The second kappa shape index (κ2) is 9.30. The van der Waals surface area contributed by atoms with Crippen LogP contribution in [0, 0.1) is 11.8 Å². The summed E-state index contributed by atoms with van der Waals surface area (Å²) >= 11 is 0. The molecule has 0 radical (unpaired) electrons. The maximum atomic E-state index is 14.3. The van der Waals surface area contributed by atoms with Crippen molar-refractivity contribution in [3.05, 3.63) is 132 Å². The second-order valence-corrected chi connectivity index (χ2v) is 11.1. The van der Waals surface area contributed by atoms with Crippen molar-refractivity contribution >= 4 is 35.0 Å². The largest absolute Gasteiger partial charge is 0.274 e. The Kier molecular flexibility index (Phi) is 5.50. The van der Waals surface area contributed by atoms with Crippen LogP contribution in [0.2, 0.25) is 0 Å². The first-order valence-electron chi connectivity index (χ1n) is 14.1. The van der Waals surface area contributed by atoms with Gasteiger partial charge in [0.1, 0.15) is 12.1 Å². The Bertz CT molecular complexity index is 1590. The molecule has 42 heavy (non-hydrogen) atoms. The number of benzene rings is 4. The molecule has 4 saturated heterocycles. The van der Waals surface area contributed by atoms with Crippen molar-refractivity contribution in [3.8, 4) is 0 Å². The number of para-hydroxylation sites is 2. The number of carbonyl (C=O) groups excluding carboxylic acids is 4. The highest BCUT2D eigenvalue weighted by atomic mass is 16.2. The van der Waals surface area contributed by atoms with E-state index in [0.29, 0.717) is 11.4 Å². The average Bonchev–Trinajstić information content (AvgIpc) is 3.70. The fourth-order valence-corrected chi connectivity index (χ4v) is 7.46. The van der Waals surface area contributed by atoms with Crippen LogP contribution in [0.1, 0.15) is 23.2 Å². The lowest BCUT2D eigenvalue weighted by atomic mass is 9.84. The Morgan fingerprint density at radius 2 is 0.667 bits per heavy atom. The Hall–Kier alpha value is -4.92. The number of anilines is 2. The third-order valence-electron chi connectivity index (χ3n) is 9.04. The van der Waals surface area contributed by atoms with E-state index in [1.807, 2.05) is 82.8 Å². The van der Waals surface area contributed by atoms with Crippen molar-refractivity contribution in [1.82, 2.24) is 10.0 Å². The molecule has 4 aromatic carbocycles. The van der Waals surface area contributed by atoms with Crippen LogP contribution in [-0.2, 0) is 19.2 Å². The van der Waals surface area contributed by atoms with Crippen LogP contribution in [-0.4, -0.2) is 45.7 Å². The van der Waals surface area contributed by atoms with Gasteiger partial charge >= 0.3 is 0 Å². The van der Waals surface area contributed by atoms with Crippen molar-refractivity contribution in [3.63, 3.8) is 0 Å². The minimum absolute atomic E-state index is 0.306. The van der Waals surface area contributed by atoms with Crippen molar-refractivity contribution in [1.29, 1.82) is 0 Å². The molecule has 8 heteroatoms. The predicted molar refractivity (Wildman–Crippen MR) is 154 cm³/mol. The molecular weight excluding hydrogens is 528 g/mol. The third kappa shape index (κ3) is 3.30. The average molecular weight is 555 g/mol. The van der Waals surface area contributed by atoms with Gasteiger partial charge in [0.25, 0.3) is 11.8 Å². The molecule has 206 valence electrons. The Morgan fingerprint density at radius 1 is 0.357 bits per heavy atom. The molecule has 0 saturated carbocycles. The van der Waals surface area contributed by atoms with E-state index in [1.165, 1.54) is 9.80 Å². The maximum Gasteiger partial charge on any atom is 0.253 e. The normalized spacial score (nSPS) is 28.9. The summed E-state index contributed by atoms with van der Waals surface area (Å²) in [6.45, 7) is 0. The monoisotopic (exact) mass is 554 g/mol. The summed E-state index contributed by atoms with van der Waals surface area (Å²) in [5.41, 5.74) is 2.66. The standard InChI is InChI=1S/C34H26N4O4/c39-31-25-27(21-13-5-1-6-14-21)37-30-26(32(40)36(34(30)42)24-19-11-4-12-20-24)28(22-15-7-2-8-16-22)38(37)29(25)33(41)35(31)23-17-9-3-10-18-23/h1-20,25-30H/t25-,26+,27-,28-,29-,30+/m0/s1. The molecule has 4 fully saturated rings. The number of hydrogen-bond donors (Lipinski definition) is 0. The smallest absolute Gasteiger partial charge is 0.253 e. The van der Waals surface area contributed by atoms with E-state index < -0.39 is 36.0 Å². The van der Waals surface area contributed by atoms with Gasteiger partial charge < -0.3 is 0 Å². The lowest BCUT2D eigenvalue weighted by molar-refractivity contribution is -0.136. The van der Waals surface area contributed by atoms with E-state index in [0.717, 1.165) is 11.1 Å². The Labute approximate surface area is 242 Å². The summed E-state index contributed by atoms with van der Waals surface area (Å²) in [5.74, 6) is -2.83. The Morgan fingerprint density at radius 3 is 1.00 bits per heavy atom. The highest BCUT2D eigenvalue weighted by molar-refractivity contribution is 6.26. The molecule has 8 rings (SSSR count). The van der Waals surface area contributed by atoms with Gasteiger partial charge in [0, 0.05) is 0 Å². The van der Waals surface area contributed by atoms with Crippen LogP contribution in [0.5, 0.6) is 0 Å². The van der Waals surface area contributed by atoms with E-state index in [1.54, 1.807) is 48.5 Å². The number of fused-ring (bicyclic) bond motifs is 5. The van der Waals surface area contributed by atoms with Crippen LogP contribution >= 0.6 is 0 Å². The van der Waals surface area contributed by atoms with E-state index >= 15 is 0 Å². The SMILES string of the molecule is O=C1[C@@H]2[C@@H](C(=O)N1c1ccccc1)N1[C@@H](c3ccccc3)[C@H]3C(=O)N(c4ccccc4)C(=O)[C@@H]3N1[C@H]2c1ccccc1. The van der Waals surface area contributed by atoms with Gasteiger partial charge in [-0.05, 0) is 35.4 Å². The lowest BCUT2D eigenvalue weighted by Crippen LogP contribution is -2.50. The first-order valence-corrected chi connectivity index (χ1v) is 14.1. The van der Waals surface area contributed by atoms with Gasteiger partial charge in [-0.3, -0.25) is 19.2 Å². The quantitative estimate of drug-likeness (QED) is 0.353.